The Morgan fingerprint density at radius 1 is 1.30 bits per heavy atom. The lowest BCUT2D eigenvalue weighted by atomic mass is 9.96. The van der Waals surface area contributed by atoms with E-state index < -0.39 is 0 Å². The zero-order valence-electron chi connectivity index (χ0n) is 6.77. The van der Waals surface area contributed by atoms with Crippen LogP contribution >= 0.6 is 0 Å². The Hall–Kier alpha value is -0.0800. The molecular formula is C8H17N2. The van der Waals surface area contributed by atoms with Gasteiger partial charge in [-0.25, -0.2) is 5.43 Å². The first-order valence-electron chi connectivity index (χ1n) is 4.35. The van der Waals surface area contributed by atoms with Crippen molar-refractivity contribution in [1.82, 2.24) is 10.9 Å². The van der Waals surface area contributed by atoms with Crippen LogP contribution in [0.25, 0.3) is 0 Å². The second-order valence-electron chi connectivity index (χ2n) is 2.94. The van der Waals surface area contributed by atoms with Gasteiger partial charge in [-0.2, -0.15) is 5.43 Å². The lowest BCUT2D eigenvalue weighted by Crippen LogP contribution is -2.36. The molecule has 10 heavy (non-hydrogen) atoms. The highest BCUT2D eigenvalue weighted by Crippen LogP contribution is 2.16. The average Bonchev–Trinajstić information content (AvgIpc) is 2.03. The Balaban J connectivity index is 2.02. The standard InChI is InChI=1S/C8H17N2/c1-2-9-10-8-6-4-3-5-7-8/h8,10H,2-7H2,1H3. The van der Waals surface area contributed by atoms with Crippen LogP contribution in [0.4, 0.5) is 0 Å². The molecule has 1 radical (unpaired) electrons. The van der Waals surface area contributed by atoms with E-state index in [1.54, 1.807) is 0 Å². The molecule has 1 aliphatic carbocycles. The van der Waals surface area contributed by atoms with Crippen molar-refractivity contribution in [3.8, 4) is 0 Å². The molecule has 0 aromatic rings. The molecule has 59 valence electrons. The number of rotatable bonds is 3. The SMILES string of the molecule is CC[N]NC1CCCCC1. The Kier molecular flexibility index (Phi) is 3.76. The minimum absolute atomic E-state index is 0.689. The van der Waals surface area contributed by atoms with Crippen LogP contribution in [0.2, 0.25) is 0 Å². The molecule has 2 nitrogen and oxygen atoms in total. The highest BCUT2D eigenvalue weighted by Gasteiger charge is 2.11. The second-order valence-corrected chi connectivity index (χ2v) is 2.94. The van der Waals surface area contributed by atoms with Gasteiger partial charge in [0.05, 0.1) is 0 Å². The maximum atomic E-state index is 4.15. The second kappa shape index (κ2) is 4.69. The van der Waals surface area contributed by atoms with Crippen LogP contribution < -0.4 is 10.9 Å². The first-order chi connectivity index (χ1) is 4.93. The monoisotopic (exact) mass is 141 g/mol. The van der Waals surface area contributed by atoms with Gasteiger partial charge < -0.3 is 0 Å². The third kappa shape index (κ3) is 2.67. The molecule has 0 heterocycles. The molecule has 1 aliphatic rings. The summed E-state index contributed by atoms with van der Waals surface area (Å²) in [7, 11) is 0. The normalized spacial score (nSPS) is 21.3. The predicted molar refractivity (Wildman–Crippen MR) is 42.7 cm³/mol. The summed E-state index contributed by atoms with van der Waals surface area (Å²) in [6.45, 7) is 2.96. The highest BCUT2D eigenvalue weighted by molar-refractivity contribution is 4.69. The fraction of sp³-hybridized carbons (Fsp3) is 1.00. The van der Waals surface area contributed by atoms with Crippen LogP contribution in [0, 0.1) is 0 Å². The van der Waals surface area contributed by atoms with Gasteiger partial charge >= 0.3 is 0 Å². The van der Waals surface area contributed by atoms with Crippen molar-refractivity contribution in [1.29, 1.82) is 0 Å². The third-order valence-corrected chi connectivity index (χ3v) is 2.04. The summed E-state index contributed by atoms with van der Waals surface area (Å²) in [5, 5.41) is 0. The van der Waals surface area contributed by atoms with E-state index in [1.807, 2.05) is 0 Å². The molecule has 0 bridgehead atoms. The quantitative estimate of drug-likeness (QED) is 0.591. The van der Waals surface area contributed by atoms with Gasteiger partial charge in [0, 0.05) is 12.6 Å². The van der Waals surface area contributed by atoms with Crippen molar-refractivity contribution in [3.05, 3.63) is 0 Å². The zero-order chi connectivity index (χ0) is 7.23. The van der Waals surface area contributed by atoms with E-state index in [2.05, 4.69) is 17.8 Å². The smallest absolute Gasteiger partial charge is 0.0276 e. The van der Waals surface area contributed by atoms with Gasteiger partial charge in [0.2, 0.25) is 0 Å². The number of nitrogens with one attached hydrogen (secondary N) is 1. The van der Waals surface area contributed by atoms with E-state index >= 15 is 0 Å². The van der Waals surface area contributed by atoms with E-state index in [4.69, 9.17) is 0 Å². The molecule has 1 saturated carbocycles. The average molecular weight is 141 g/mol. The van der Waals surface area contributed by atoms with Gasteiger partial charge in [-0.3, -0.25) is 0 Å². The van der Waals surface area contributed by atoms with Crippen LogP contribution in [-0.4, -0.2) is 12.6 Å². The van der Waals surface area contributed by atoms with Crippen molar-refractivity contribution >= 4 is 0 Å². The molecule has 0 spiro atoms. The Morgan fingerprint density at radius 3 is 2.60 bits per heavy atom. The van der Waals surface area contributed by atoms with E-state index in [0.717, 1.165) is 6.54 Å². The molecule has 0 atom stereocenters. The molecule has 1 N–H and O–H groups in total. The number of hydrogen-bond acceptors (Lipinski definition) is 1. The van der Waals surface area contributed by atoms with Gasteiger partial charge in [-0.15, -0.1) is 0 Å². The summed E-state index contributed by atoms with van der Waals surface area (Å²) >= 11 is 0. The molecule has 0 saturated heterocycles. The Morgan fingerprint density at radius 2 is 2.00 bits per heavy atom. The van der Waals surface area contributed by atoms with Crippen LogP contribution in [0.15, 0.2) is 0 Å². The summed E-state index contributed by atoms with van der Waals surface area (Å²) in [4.78, 5) is 0. The lowest BCUT2D eigenvalue weighted by molar-refractivity contribution is 0.334. The molecule has 1 rings (SSSR count). The molecule has 2 heteroatoms. The molecule has 0 aliphatic heterocycles. The van der Waals surface area contributed by atoms with Crippen LogP contribution in [0.1, 0.15) is 39.0 Å². The van der Waals surface area contributed by atoms with E-state index in [-0.39, 0.29) is 0 Å². The molecule has 0 amide bonds. The predicted octanol–water partition coefficient (Wildman–Crippen LogP) is 1.45. The highest BCUT2D eigenvalue weighted by atomic mass is 15.4. The lowest BCUT2D eigenvalue weighted by Gasteiger charge is -2.21. The molecular weight excluding hydrogens is 124 g/mol. The number of nitrogens with zero attached hydrogens (tertiary/aromatic N) is 1. The molecule has 0 unspecified atom stereocenters. The minimum Gasteiger partial charge on any atom is -0.237 e. The van der Waals surface area contributed by atoms with Crippen molar-refractivity contribution < 1.29 is 0 Å². The topological polar surface area (TPSA) is 26.1 Å². The summed E-state index contributed by atoms with van der Waals surface area (Å²) in [5.41, 5.74) is 7.34. The first-order valence-corrected chi connectivity index (χ1v) is 4.35. The van der Waals surface area contributed by atoms with Crippen LogP contribution in [-0.2, 0) is 0 Å². The minimum atomic E-state index is 0.689. The number of hydrogen-bond donors (Lipinski definition) is 1. The summed E-state index contributed by atoms with van der Waals surface area (Å²) < 4.78 is 0. The fourth-order valence-electron chi connectivity index (χ4n) is 1.45. The maximum absolute atomic E-state index is 4.15. The van der Waals surface area contributed by atoms with E-state index in [0.29, 0.717) is 6.04 Å². The third-order valence-electron chi connectivity index (χ3n) is 2.04. The van der Waals surface area contributed by atoms with Gasteiger partial charge in [0.25, 0.3) is 0 Å². The first kappa shape index (κ1) is 8.02. The Labute approximate surface area is 63.4 Å². The van der Waals surface area contributed by atoms with Gasteiger partial charge in [-0.1, -0.05) is 19.3 Å². The molecule has 0 aromatic carbocycles. The van der Waals surface area contributed by atoms with E-state index in [1.165, 1.54) is 32.1 Å². The molecule has 1 fully saturated rings. The largest absolute Gasteiger partial charge is 0.237 e. The maximum Gasteiger partial charge on any atom is 0.0276 e. The fourth-order valence-corrected chi connectivity index (χ4v) is 1.45. The van der Waals surface area contributed by atoms with Gasteiger partial charge in [0.15, 0.2) is 0 Å². The van der Waals surface area contributed by atoms with Crippen LogP contribution in [0.5, 0.6) is 0 Å². The van der Waals surface area contributed by atoms with Crippen molar-refractivity contribution in [2.24, 2.45) is 0 Å². The summed E-state index contributed by atoms with van der Waals surface area (Å²) in [6.07, 6.45) is 6.84. The van der Waals surface area contributed by atoms with E-state index in [9.17, 15) is 0 Å². The van der Waals surface area contributed by atoms with Crippen molar-refractivity contribution in [2.45, 2.75) is 45.1 Å². The van der Waals surface area contributed by atoms with Gasteiger partial charge in [-0.05, 0) is 19.8 Å². The zero-order valence-corrected chi connectivity index (χ0v) is 6.77. The summed E-state index contributed by atoms with van der Waals surface area (Å²) in [5.74, 6) is 0. The van der Waals surface area contributed by atoms with Crippen molar-refractivity contribution in [3.63, 3.8) is 0 Å². The Bertz CT molecular complexity index is 77.3. The molecule has 0 aromatic heterocycles. The van der Waals surface area contributed by atoms with Gasteiger partial charge in [0.1, 0.15) is 0 Å². The van der Waals surface area contributed by atoms with Crippen molar-refractivity contribution in [2.75, 3.05) is 6.54 Å². The summed E-state index contributed by atoms with van der Waals surface area (Å²) in [6, 6.07) is 0.689. The van der Waals surface area contributed by atoms with Crippen LogP contribution in [0.3, 0.4) is 0 Å².